The van der Waals surface area contributed by atoms with Gasteiger partial charge in [0.15, 0.2) is 11.2 Å². The van der Waals surface area contributed by atoms with E-state index in [1.165, 1.54) is 15.6 Å². The van der Waals surface area contributed by atoms with E-state index in [4.69, 9.17) is 23.2 Å². The van der Waals surface area contributed by atoms with Gasteiger partial charge < -0.3 is 5.32 Å². The highest BCUT2D eigenvalue weighted by Crippen LogP contribution is 2.25. The number of anilines is 1. The molecule has 4 aromatic rings. The quantitative estimate of drug-likeness (QED) is 0.511. The van der Waals surface area contributed by atoms with E-state index in [1.54, 1.807) is 24.3 Å². The van der Waals surface area contributed by atoms with Crippen LogP contribution in [-0.4, -0.2) is 30.5 Å². The minimum atomic E-state index is -0.451. The smallest absolute Gasteiger partial charge is 0.283 e. The molecule has 0 spiro atoms. The highest BCUT2D eigenvalue weighted by atomic mass is 35.5. The van der Waals surface area contributed by atoms with Crippen molar-refractivity contribution in [3.63, 3.8) is 0 Å². The first-order valence-electron chi connectivity index (χ1n) is 9.00. The molecule has 0 radical (unpaired) electrons. The molecule has 2 heterocycles. The normalized spacial score (nSPS) is 11.0. The Morgan fingerprint density at radius 1 is 1.13 bits per heavy atom. The number of halogens is 2. The molecule has 0 aliphatic heterocycles. The second kappa shape index (κ2) is 8.25. The van der Waals surface area contributed by atoms with E-state index in [-0.39, 0.29) is 12.1 Å². The summed E-state index contributed by atoms with van der Waals surface area (Å²) in [4.78, 5) is 29.5. The van der Waals surface area contributed by atoms with E-state index < -0.39 is 11.5 Å². The lowest BCUT2D eigenvalue weighted by molar-refractivity contribution is -0.116. The van der Waals surface area contributed by atoms with Crippen LogP contribution in [0, 0.1) is 6.92 Å². The number of para-hydroxylation sites is 1. The van der Waals surface area contributed by atoms with Gasteiger partial charge in [0.1, 0.15) is 12.9 Å². The Kier molecular flexibility index (Phi) is 5.52. The lowest BCUT2D eigenvalue weighted by Gasteiger charge is -2.11. The molecule has 2 aromatic heterocycles. The molecule has 0 atom stereocenters. The summed E-state index contributed by atoms with van der Waals surface area (Å²) in [6, 6.07) is 12.6. The van der Waals surface area contributed by atoms with Crippen molar-refractivity contribution in [1.29, 1.82) is 0 Å². The second-order valence-electron chi connectivity index (χ2n) is 6.70. The highest BCUT2D eigenvalue weighted by molar-refractivity contribution is 6.33. The second-order valence-corrected chi connectivity index (χ2v) is 7.55. The molecule has 0 fully saturated rings. The predicted molar refractivity (Wildman–Crippen MR) is 115 cm³/mol. The Hall–Kier alpha value is -3.23. The van der Waals surface area contributed by atoms with Gasteiger partial charge in [-0.25, -0.2) is 9.67 Å². The van der Waals surface area contributed by atoms with Gasteiger partial charge in [0, 0.05) is 5.02 Å². The molecule has 8 nitrogen and oxygen atoms in total. The van der Waals surface area contributed by atoms with E-state index >= 15 is 0 Å². The van der Waals surface area contributed by atoms with E-state index in [1.807, 2.05) is 25.1 Å². The molecule has 0 unspecified atom stereocenters. The number of benzene rings is 2. The van der Waals surface area contributed by atoms with Crippen LogP contribution in [0.2, 0.25) is 10.0 Å². The summed E-state index contributed by atoms with van der Waals surface area (Å²) in [5.74, 6) is -0.400. The number of carbonyl (C=O) groups excluding carboxylic acids is 1. The van der Waals surface area contributed by atoms with Gasteiger partial charge in [-0.1, -0.05) is 52.7 Å². The van der Waals surface area contributed by atoms with Gasteiger partial charge in [-0.05, 0) is 36.2 Å². The number of rotatable bonds is 5. The average molecular weight is 443 g/mol. The van der Waals surface area contributed by atoms with Crippen LogP contribution in [0.5, 0.6) is 0 Å². The van der Waals surface area contributed by atoms with Crippen molar-refractivity contribution < 1.29 is 4.79 Å². The molecule has 0 bridgehead atoms. The fourth-order valence-corrected chi connectivity index (χ4v) is 3.39. The molecule has 4 rings (SSSR count). The third kappa shape index (κ3) is 4.05. The van der Waals surface area contributed by atoms with Gasteiger partial charge in [-0.15, -0.1) is 5.10 Å². The molecule has 1 N–H and O–H groups in total. The number of amides is 1. The minimum Gasteiger partial charge on any atom is -0.323 e. The fraction of sp³-hybridized carbons (Fsp3) is 0.150. The van der Waals surface area contributed by atoms with Crippen molar-refractivity contribution >= 4 is 46.0 Å². The molecule has 0 aliphatic carbocycles. The number of hydrogen-bond donors (Lipinski definition) is 1. The van der Waals surface area contributed by atoms with Crippen molar-refractivity contribution in [2.75, 3.05) is 5.32 Å². The van der Waals surface area contributed by atoms with Crippen molar-refractivity contribution in [1.82, 2.24) is 24.5 Å². The standard InChI is InChI=1S/C20H16Cl2N6O2/c1-12-3-2-4-15(22)17(12)24-16(29)10-27-11-23-19-18(20(27)30)25-26-28(19)9-13-5-7-14(21)8-6-13/h2-8,11H,9-10H2,1H3,(H,24,29). The van der Waals surface area contributed by atoms with Crippen molar-refractivity contribution in [2.24, 2.45) is 0 Å². The van der Waals surface area contributed by atoms with E-state index in [2.05, 4.69) is 20.6 Å². The number of nitrogens with zero attached hydrogens (tertiary/aromatic N) is 5. The predicted octanol–water partition coefficient (Wildman–Crippen LogP) is 3.29. The zero-order valence-corrected chi connectivity index (χ0v) is 17.4. The van der Waals surface area contributed by atoms with E-state index in [0.29, 0.717) is 27.9 Å². The summed E-state index contributed by atoms with van der Waals surface area (Å²) in [6.45, 7) is 1.99. The monoisotopic (exact) mass is 442 g/mol. The first kappa shape index (κ1) is 20.1. The van der Waals surface area contributed by atoms with Crippen LogP contribution in [0.15, 0.2) is 53.6 Å². The molecular weight excluding hydrogens is 427 g/mol. The molecule has 2 aromatic carbocycles. The van der Waals surface area contributed by atoms with Gasteiger partial charge in [0.05, 0.1) is 17.3 Å². The number of aryl methyl sites for hydroxylation is 1. The molecule has 1 amide bonds. The molecular formula is C20H16Cl2N6O2. The summed E-state index contributed by atoms with van der Waals surface area (Å²) in [7, 11) is 0. The average Bonchev–Trinajstić information content (AvgIpc) is 3.12. The topological polar surface area (TPSA) is 94.7 Å². The summed E-state index contributed by atoms with van der Waals surface area (Å²) in [5, 5.41) is 11.8. The Bertz CT molecular complexity index is 1280. The number of aromatic nitrogens is 5. The fourth-order valence-electron chi connectivity index (χ4n) is 2.99. The summed E-state index contributed by atoms with van der Waals surface area (Å²) in [6.07, 6.45) is 1.31. The summed E-state index contributed by atoms with van der Waals surface area (Å²) >= 11 is 12.0. The van der Waals surface area contributed by atoms with Crippen LogP contribution in [0.25, 0.3) is 11.2 Å². The molecule has 0 aliphatic rings. The van der Waals surface area contributed by atoms with Gasteiger partial charge in [-0.2, -0.15) is 0 Å². The maximum absolute atomic E-state index is 12.7. The maximum Gasteiger partial charge on any atom is 0.283 e. The van der Waals surface area contributed by atoms with Crippen LogP contribution in [0.4, 0.5) is 5.69 Å². The first-order valence-corrected chi connectivity index (χ1v) is 9.76. The Morgan fingerprint density at radius 2 is 1.90 bits per heavy atom. The van der Waals surface area contributed by atoms with Crippen molar-refractivity contribution in [3.05, 3.63) is 80.3 Å². The zero-order valence-electron chi connectivity index (χ0n) is 15.8. The lowest BCUT2D eigenvalue weighted by Crippen LogP contribution is -2.28. The Morgan fingerprint density at radius 3 is 2.63 bits per heavy atom. The van der Waals surface area contributed by atoms with Crippen LogP contribution < -0.4 is 10.9 Å². The van der Waals surface area contributed by atoms with Crippen LogP contribution in [0.3, 0.4) is 0 Å². The SMILES string of the molecule is Cc1cccc(Cl)c1NC(=O)Cn1cnc2c(nnn2Cc2ccc(Cl)cc2)c1=O. The number of hydrogen-bond acceptors (Lipinski definition) is 5. The van der Waals surface area contributed by atoms with Gasteiger partial charge in [0.2, 0.25) is 5.91 Å². The van der Waals surface area contributed by atoms with Gasteiger partial charge in [-0.3, -0.25) is 14.2 Å². The lowest BCUT2D eigenvalue weighted by atomic mass is 10.2. The summed E-state index contributed by atoms with van der Waals surface area (Å²) < 4.78 is 2.71. The van der Waals surface area contributed by atoms with Crippen molar-refractivity contribution in [3.8, 4) is 0 Å². The minimum absolute atomic E-state index is 0.0909. The Labute approximate surface area is 181 Å². The van der Waals surface area contributed by atoms with Crippen LogP contribution in [-0.2, 0) is 17.9 Å². The van der Waals surface area contributed by atoms with Crippen LogP contribution >= 0.6 is 23.2 Å². The number of nitrogens with one attached hydrogen (secondary N) is 1. The maximum atomic E-state index is 12.7. The summed E-state index contributed by atoms with van der Waals surface area (Å²) in [5.41, 5.74) is 2.25. The highest BCUT2D eigenvalue weighted by Gasteiger charge is 2.15. The largest absolute Gasteiger partial charge is 0.323 e. The number of fused-ring (bicyclic) bond motifs is 1. The molecule has 152 valence electrons. The van der Waals surface area contributed by atoms with E-state index in [9.17, 15) is 9.59 Å². The zero-order chi connectivity index (χ0) is 21.3. The third-order valence-corrected chi connectivity index (χ3v) is 5.10. The van der Waals surface area contributed by atoms with E-state index in [0.717, 1.165) is 11.1 Å². The number of carbonyl (C=O) groups is 1. The third-order valence-electron chi connectivity index (χ3n) is 4.54. The van der Waals surface area contributed by atoms with Crippen LogP contribution in [0.1, 0.15) is 11.1 Å². The molecule has 0 saturated heterocycles. The van der Waals surface area contributed by atoms with Gasteiger partial charge >= 0.3 is 0 Å². The molecule has 0 saturated carbocycles. The van der Waals surface area contributed by atoms with Gasteiger partial charge in [0.25, 0.3) is 5.56 Å². The van der Waals surface area contributed by atoms with Crippen molar-refractivity contribution in [2.45, 2.75) is 20.0 Å². The molecule has 30 heavy (non-hydrogen) atoms. The Balaban J connectivity index is 1.56. The first-order chi connectivity index (χ1) is 14.4. The molecule has 10 heteroatoms.